The smallest absolute Gasteiger partial charge is 0.142 e. The second-order valence-corrected chi connectivity index (χ2v) is 2.48. The predicted octanol–water partition coefficient (Wildman–Crippen LogP) is 2.25. The summed E-state index contributed by atoms with van der Waals surface area (Å²) >= 11 is 3.24. The van der Waals surface area contributed by atoms with Crippen molar-refractivity contribution in [2.45, 2.75) is 0 Å². The lowest BCUT2D eigenvalue weighted by atomic mass is 10.4. The Bertz CT molecular complexity index is 250. The van der Waals surface area contributed by atoms with Gasteiger partial charge in [-0.2, -0.15) is 0 Å². The molecule has 0 aliphatic heterocycles. The van der Waals surface area contributed by atoms with Crippen molar-refractivity contribution in [3.8, 4) is 0 Å². The fourth-order valence-corrected chi connectivity index (χ4v) is 0.885. The van der Waals surface area contributed by atoms with Crippen LogP contribution >= 0.6 is 15.9 Å². The summed E-state index contributed by atoms with van der Waals surface area (Å²) in [5.41, 5.74) is 0. The molecule has 0 aliphatic rings. The number of aldehydes is 1. The number of carbonyl (C=O) groups excluding carboxylic acids is 1. The fraction of sp³-hybridized carbons (Fsp3) is 0. The van der Waals surface area contributed by atoms with Gasteiger partial charge in [0.15, 0.2) is 0 Å². The number of allylic oxidation sites excluding steroid dienone is 1. The Morgan fingerprint density at radius 1 is 1.60 bits per heavy atom. The van der Waals surface area contributed by atoms with Gasteiger partial charge in [0.25, 0.3) is 0 Å². The molecule has 2 nitrogen and oxygen atoms in total. The average Bonchev–Trinajstić information content (AvgIpc) is 2.31. The maximum Gasteiger partial charge on any atom is 0.142 e. The van der Waals surface area contributed by atoms with E-state index in [4.69, 9.17) is 4.42 Å². The van der Waals surface area contributed by atoms with E-state index >= 15 is 0 Å². The van der Waals surface area contributed by atoms with Crippen LogP contribution in [0.1, 0.15) is 5.76 Å². The van der Waals surface area contributed by atoms with Crippen LogP contribution in [-0.2, 0) is 4.79 Å². The zero-order valence-corrected chi connectivity index (χ0v) is 6.67. The van der Waals surface area contributed by atoms with Gasteiger partial charge < -0.3 is 4.42 Å². The Labute approximate surface area is 66.7 Å². The van der Waals surface area contributed by atoms with Crippen molar-refractivity contribution in [3.05, 3.63) is 28.6 Å². The van der Waals surface area contributed by atoms with Crippen molar-refractivity contribution in [1.29, 1.82) is 0 Å². The maximum atomic E-state index is 9.87. The molecule has 0 aliphatic carbocycles. The Hall–Kier alpha value is -0.830. The number of hydrogen-bond donors (Lipinski definition) is 0. The van der Waals surface area contributed by atoms with Gasteiger partial charge in [0.2, 0.25) is 0 Å². The molecule has 0 N–H and O–H groups in total. The van der Waals surface area contributed by atoms with E-state index in [1.165, 1.54) is 6.08 Å². The van der Waals surface area contributed by atoms with Crippen molar-refractivity contribution < 1.29 is 9.21 Å². The number of hydrogen-bond acceptors (Lipinski definition) is 2. The molecule has 1 rings (SSSR count). The third kappa shape index (κ3) is 1.57. The number of carbonyl (C=O) groups is 1. The van der Waals surface area contributed by atoms with Gasteiger partial charge in [0, 0.05) is 0 Å². The summed E-state index contributed by atoms with van der Waals surface area (Å²) in [5.74, 6) is 0.659. The summed E-state index contributed by atoms with van der Waals surface area (Å²) in [5, 5.41) is 0. The first-order chi connectivity index (χ1) is 4.84. The normalized spacial score (nSPS) is 10.5. The molecule has 1 aromatic heterocycles. The van der Waals surface area contributed by atoms with E-state index in [1.807, 2.05) is 0 Å². The Morgan fingerprint density at radius 2 is 2.40 bits per heavy atom. The van der Waals surface area contributed by atoms with Gasteiger partial charge in [-0.05, 0) is 34.1 Å². The highest BCUT2D eigenvalue weighted by atomic mass is 79.9. The van der Waals surface area contributed by atoms with Gasteiger partial charge in [0.05, 0.1) is 10.7 Å². The molecule has 0 fully saturated rings. The van der Waals surface area contributed by atoms with Crippen LogP contribution in [0.25, 0.3) is 6.08 Å². The van der Waals surface area contributed by atoms with Crippen LogP contribution in [0, 0.1) is 0 Å². The lowest BCUT2D eigenvalue weighted by molar-refractivity contribution is -0.104. The Balaban J connectivity index is 2.83. The summed E-state index contributed by atoms with van der Waals surface area (Å²) in [6.45, 7) is 0. The minimum absolute atomic E-state index is 0.659. The molecule has 3 heteroatoms. The predicted molar refractivity (Wildman–Crippen MR) is 41.5 cm³/mol. The summed E-state index contributed by atoms with van der Waals surface area (Å²) in [6, 6.07) is 1.77. The highest BCUT2D eigenvalue weighted by molar-refractivity contribution is 9.10. The molecule has 0 amide bonds. The standard InChI is InChI=1S/C7H5BrO2/c8-6-3-5-10-7(6)2-1-4-9/h1-5H. The second kappa shape index (κ2) is 3.37. The SMILES string of the molecule is O=CC=Cc1occc1Br. The molecule has 0 atom stereocenters. The van der Waals surface area contributed by atoms with Crippen molar-refractivity contribution in [2.75, 3.05) is 0 Å². The highest BCUT2D eigenvalue weighted by Gasteiger charge is 1.95. The molecule has 0 aromatic carbocycles. The zero-order chi connectivity index (χ0) is 7.40. The van der Waals surface area contributed by atoms with Crippen LogP contribution in [0.4, 0.5) is 0 Å². The lowest BCUT2D eigenvalue weighted by Crippen LogP contribution is -1.64. The molecule has 0 spiro atoms. The molecule has 0 unspecified atom stereocenters. The van der Waals surface area contributed by atoms with Gasteiger partial charge >= 0.3 is 0 Å². The van der Waals surface area contributed by atoms with Crippen molar-refractivity contribution in [2.24, 2.45) is 0 Å². The number of furan rings is 1. The van der Waals surface area contributed by atoms with Crippen LogP contribution in [0.2, 0.25) is 0 Å². The molecule has 0 bridgehead atoms. The van der Waals surface area contributed by atoms with Gasteiger partial charge in [-0.25, -0.2) is 0 Å². The maximum absolute atomic E-state index is 9.87. The minimum atomic E-state index is 0.659. The van der Waals surface area contributed by atoms with Gasteiger partial charge in [-0.1, -0.05) is 0 Å². The number of rotatable bonds is 2. The quantitative estimate of drug-likeness (QED) is 0.542. The van der Waals surface area contributed by atoms with E-state index in [-0.39, 0.29) is 0 Å². The van der Waals surface area contributed by atoms with Crippen LogP contribution in [0.15, 0.2) is 27.3 Å². The van der Waals surface area contributed by atoms with Gasteiger partial charge in [-0.15, -0.1) is 0 Å². The van der Waals surface area contributed by atoms with Crippen molar-refractivity contribution in [3.63, 3.8) is 0 Å². The second-order valence-electron chi connectivity index (χ2n) is 1.63. The third-order valence-corrected chi connectivity index (χ3v) is 1.63. The van der Waals surface area contributed by atoms with E-state index in [0.29, 0.717) is 12.0 Å². The minimum Gasteiger partial charge on any atom is -0.464 e. The molecule has 10 heavy (non-hydrogen) atoms. The molecule has 0 radical (unpaired) electrons. The Morgan fingerprint density at radius 3 is 2.90 bits per heavy atom. The molecule has 1 heterocycles. The van der Waals surface area contributed by atoms with E-state index in [9.17, 15) is 4.79 Å². The van der Waals surface area contributed by atoms with Gasteiger partial charge in [-0.3, -0.25) is 4.79 Å². The monoisotopic (exact) mass is 200 g/mol. The highest BCUT2D eigenvalue weighted by Crippen LogP contribution is 2.18. The van der Waals surface area contributed by atoms with Crippen LogP contribution < -0.4 is 0 Å². The van der Waals surface area contributed by atoms with E-state index in [2.05, 4.69) is 15.9 Å². The molecule has 52 valence electrons. The van der Waals surface area contributed by atoms with Crippen LogP contribution in [0.5, 0.6) is 0 Å². The summed E-state index contributed by atoms with van der Waals surface area (Å²) in [4.78, 5) is 9.87. The van der Waals surface area contributed by atoms with E-state index in [0.717, 1.165) is 4.47 Å². The topological polar surface area (TPSA) is 30.2 Å². The first-order valence-electron chi connectivity index (χ1n) is 2.69. The summed E-state index contributed by atoms with van der Waals surface area (Å²) in [6.07, 6.45) is 5.23. The van der Waals surface area contributed by atoms with Crippen molar-refractivity contribution in [1.82, 2.24) is 0 Å². The van der Waals surface area contributed by atoms with E-state index in [1.54, 1.807) is 18.4 Å². The molecule has 1 aromatic rings. The number of halogens is 1. The largest absolute Gasteiger partial charge is 0.464 e. The van der Waals surface area contributed by atoms with Crippen molar-refractivity contribution >= 4 is 28.3 Å². The fourth-order valence-electron chi connectivity index (χ4n) is 0.551. The third-order valence-electron chi connectivity index (χ3n) is 0.971. The molecular weight excluding hydrogens is 196 g/mol. The van der Waals surface area contributed by atoms with Crippen LogP contribution in [-0.4, -0.2) is 6.29 Å². The summed E-state index contributed by atoms with van der Waals surface area (Å²) < 4.78 is 5.83. The molecular formula is C7H5BrO2. The van der Waals surface area contributed by atoms with E-state index < -0.39 is 0 Å². The summed E-state index contributed by atoms with van der Waals surface area (Å²) in [7, 11) is 0. The van der Waals surface area contributed by atoms with Crippen LogP contribution in [0.3, 0.4) is 0 Å². The van der Waals surface area contributed by atoms with Gasteiger partial charge in [0.1, 0.15) is 12.0 Å². The molecule has 0 saturated heterocycles. The molecule has 0 saturated carbocycles. The lowest BCUT2D eigenvalue weighted by Gasteiger charge is -1.82. The first-order valence-corrected chi connectivity index (χ1v) is 3.48. The zero-order valence-electron chi connectivity index (χ0n) is 5.08. The Kier molecular flexibility index (Phi) is 2.45. The first kappa shape index (κ1) is 7.28. The average molecular weight is 201 g/mol.